The maximum Gasteiger partial charge on any atom is 0.338 e. The Hall–Kier alpha value is -0.630. The van der Waals surface area contributed by atoms with E-state index in [1.54, 1.807) is 0 Å². The van der Waals surface area contributed by atoms with E-state index in [4.69, 9.17) is 0 Å². The summed E-state index contributed by atoms with van der Waals surface area (Å²) in [4.78, 5) is 23.4. The lowest BCUT2D eigenvalue weighted by Gasteiger charge is -2.39. The molecule has 6 nitrogen and oxygen atoms in total. The largest absolute Gasteiger partial charge is 0.347 e. The second kappa shape index (κ2) is 6.34. The van der Waals surface area contributed by atoms with Crippen LogP contribution in [0.1, 0.15) is 6.92 Å². The highest BCUT2D eigenvalue weighted by Gasteiger charge is 2.41. The van der Waals surface area contributed by atoms with Gasteiger partial charge in [-0.05, 0) is 0 Å². The van der Waals surface area contributed by atoms with Crippen LogP contribution in [-0.2, 0) is 9.59 Å². The van der Waals surface area contributed by atoms with E-state index >= 15 is 0 Å². The quantitative estimate of drug-likeness (QED) is 0.360. The van der Waals surface area contributed by atoms with Crippen molar-refractivity contribution < 1.29 is 19.2 Å². The summed E-state index contributed by atoms with van der Waals surface area (Å²) in [5.41, 5.74) is 0. The number of nitrogens with one attached hydrogen (secondary N) is 2. The summed E-state index contributed by atoms with van der Waals surface area (Å²) in [6.07, 6.45) is 0. The van der Waals surface area contributed by atoms with Crippen LogP contribution in [0.2, 0.25) is 0 Å². The van der Waals surface area contributed by atoms with E-state index in [-0.39, 0.29) is 28.8 Å². The Kier molecular flexibility index (Phi) is 5.38. The zero-order valence-electron chi connectivity index (χ0n) is 9.98. The van der Waals surface area contributed by atoms with Crippen molar-refractivity contribution in [2.75, 3.05) is 38.7 Å². The second-order valence-electron chi connectivity index (χ2n) is 4.26. The number of nitrogens with zero attached hydrogens (tertiary/aromatic N) is 1. The predicted octanol–water partition coefficient (Wildman–Crippen LogP) is -1.68. The number of aliphatic hydroxyl groups is 1. The van der Waals surface area contributed by atoms with Gasteiger partial charge in [-0.15, -0.1) is 0 Å². The van der Waals surface area contributed by atoms with Crippen molar-refractivity contribution in [1.82, 2.24) is 10.6 Å². The molecule has 98 valence electrons. The summed E-state index contributed by atoms with van der Waals surface area (Å²) in [6.45, 7) is 3.59. The molecule has 0 radical (unpaired) electrons. The molecule has 3 N–H and O–H groups in total. The molecule has 7 heteroatoms. The van der Waals surface area contributed by atoms with Crippen LogP contribution in [-0.4, -0.2) is 66.1 Å². The van der Waals surface area contributed by atoms with Crippen LogP contribution >= 0.6 is 12.6 Å². The van der Waals surface area contributed by atoms with Crippen LogP contribution in [0.25, 0.3) is 0 Å². The minimum atomic E-state index is -0.638. The van der Waals surface area contributed by atoms with Gasteiger partial charge >= 0.3 is 5.91 Å². The van der Waals surface area contributed by atoms with E-state index in [0.29, 0.717) is 26.2 Å². The van der Waals surface area contributed by atoms with Crippen molar-refractivity contribution in [2.24, 2.45) is 0 Å². The highest BCUT2D eigenvalue weighted by Crippen LogP contribution is 2.12. The number of carbonyl (C=O) groups is 2. The van der Waals surface area contributed by atoms with Crippen molar-refractivity contribution in [1.29, 1.82) is 0 Å². The Bertz CT molecular complexity index is 293. The molecule has 1 atom stereocenters. The molecule has 1 aliphatic heterocycles. The minimum Gasteiger partial charge on any atom is -0.347 e. The maximum absolute atomic E-state index is 12.3. The Balaban J connectivity index is 2.78. The van der Waals surface area contributed by atoms with Gasteiger partial charge < -0.3 is 15.7 Å². The highest BCUT2D eigenvalue weighted by molar-refractivity contribution is 7.80. The molecule has 1 fully saturated rings. The second-order valence-corrected chi connectivity index (χ2v) is 4.62. The number of quaternary nitrogens is 1. The average Bonchev–Trinajstić information content (AvgIpc) is 2.35. The van der Waals surface area contributed by atoms with Crippen molar-refractivity contribution in [3.63, 3.8) is 0 Å². The topological polar surface area (TPSA) is 78.4 Å². The van der Waals surface area contributed by atoms with Gasteiger partial charge in [0.25, 0.3) is 0 Å². The van der Waals surface area contributed by atoms with Gasteiger partial charge in [0.15, 0.2) is 12.8 Å². The molecule has 0 aromatic carbocycles. The number of piperazine rings is 1. The van der Waals surface area contributed by atoms with E-state index < -0.39 is 6.04 Å². The normalized spacial score (nSPS) is 20.6. The number of amides is 2. The van der Waals surface area contributed by atoms with E-state index in [2.05, 4.69) is 23.3 Å². The first-order valence-electron chi connectivity index (χ1n) is 5.66. The van der Waals surface area contributed by atoms with Gasteiger partial charge in [0.2, 0.25) is 5.91 Å². The number of hydrogen-bond acceptors (Lipinski definition) is 5. The van der Waals surface area contributed by atoms with Crippen LogP contribution in [0, 0.1) is 0 Å². The van der Waals surface area contributed by atoms with Crippen molar-refractivity contribution in [2.45, 2.75) is 13.0 Å². The molecule has 1 rings (SSSR count). The van der Waals surface area contributed by atoms with Gasteiger partial charge in [0, 0.05) is 25.8 Å². The van der Waals surface area contributed by atoms with Gasteiger partial charge in [0.1, 0.15) is 13.1 Å². The Morgan fingerprint density at radius 1 is 1.47 bits per heavy atom. The highest BCUT2D eigenvalue weighted by atomic mass is 32.1. The summed E-state index contributed by atoms with van der Waals surface area (Å²) in [7, 11) is 0. The van der Waals surface area contributed by atoms with Crippen LogP contribution in [0.15, 0.2) is 0 Å². The molecule has 0 bridgehead atoms. The first kappa shape index (κ1) is 14.4. The molecule has 0 aromatic rings. The van der Waals surface area contributed by atoms with Crippen molar-refractivity contribution >= 4 is 24.4 Å². The Morgan fingerprint density at radius 2 is 2.06 bits per heavy atom. The van der Waals surface area contributed by atoms with Crippen molar-refractivity contribution in [3.05, 3.63) is 0 Å². The molecule has 0 saturated carbocycles. The predicted molar refractivity (Wildman–Crippen MR) is 66.4 cm³/mol. The molecule has 1 unspecified atom stereocenters. The van der Waals surface area contributed by atoms with Crippen LogP contribution in [0.5, 0.6) is 0 Å². The summed E-state index contributed by atoms with van der Waals surface area (Å²) < 4.78 is -0.00148. The average molecular weight is 262 g/mol. The molecule has 1 heterocycles. The molecule has 0 spiro atoms. The summed E-state index contributed by atoms with van der Waals surface area (Å²) in [6, 6.07) is -0.638. The van der Waals surface area contributed by atoms with Crippen molar-refractivity contribution in [3.8, 4) is 0 Å². The SMILES string of the molecule is CC(=O)NC(CS)C(=O)[N+]1(CO)CCNCC1. The third kappa shape index (κ3) is 3.41. The molecule has 0 aromatic heterocycles. The lowest BCUT2D eigenvalue weighted by molar-refractivity contribution is -0.876. The van der Waals surface area contributed by atoms with Crippen LogP contribution in [0.3, 0.4) is 0 Å². The lowest BCUT2D eigenvalue weighted by atomic mass is 10.2. The van der Waals surface area contributed by atoms with E-state index in [0.717, 1.165) is 0 Å². The standard InChI is InChI=1S/C10H19N3O3S/c1-8(15)12-9(6-17)10(16)13(7-14)4-2-11-3-5-13/h9,11,14H,2-7H2,1H3,(H-,12,15,17)/p+1. The fourth-order valence-corrected chi connectivity index (χ4v) is 2.26. The van der Waals surface area contributed by atoms with Gasteiger partial charge in [-0.2, -0.15) is 12.6 Å². The number of rotatable bonds is 4. The molecule has 0 aliphatic carbocycles. The molecule has 17 heavy (non-hydrogen) atoms. The van der Waals surface area contributed by atoms with E-state index in [1.165, 1.54) is 6.92 Å². The third-order valence-corrected chi connectivity index (χ3v) is 3.39. The Labute approximate surface area is 106 Å². The third-order valence-electron chi connectivity index (χ3n) is 3.03. The van der Waals surface area contributed by atoms with Gasteiger partial charge in [-0.25, -0.2) is 9.28 Å². The summed E-state index contributed by atoms with van der Waals surface area (Å²) in [5.74, 6) is -0.186. The first-order chi connectivity index (χ1) is 8.05. The Morgan fingerprint density at radius 3 is 2.47 bits per heavy atom. The van der Waals surface area contributed by atoms with E-state index in [1.807, 2.05) is 0 Å². The van der Waals surface area contributed by atoms with Gasteiger partial charge in [0.05, 0.1) is 0 Å². The molecule has 1 aliphatic rings. The fraction of sp³-hybridized carbons (Fsp3) is 0.800. The molecule has 2 amide bonds. The minimum absolute atomic E-state index is 0.00148. The number of hydrogen-bond donors (Lipinski definition) is 4. The van der Waals surface area contributed by atoms with Crippen LogP contribution in [0.4, 0.5) is 0 Å². The zero-order valence-corrected chi connectivity index (χ0v) is 10.9. The van der Waals surface area contributed by atoms with Crippen LogP contribution < -0.4 is 10.6 Å². The fourth-order valence-electron chi connectivity index (χ4n) is 2.02. The van der Waals surface area contributed by atoms with Gasteiger partial charge in [-0.3, -0.25) is 4.79 Å². The molecule has 1 saturated heterocycles. The zero-order chi connectivity index (χ0) is 12.9. The molecular weight excluding hydrogens is 242 g/mol. The number of carbonyl (C=O) groups excluding carboxylic acids is 2. The molecular formula is C10H20N3O3S+. The maximum atomic E-state index is 12.3. The van der Waals surface area contributed by atoms with Gasteiger partial charge in [-0.1, -0.05) is 0 Å². The lowest BCUT2D eigenvalue weighted by Crippen LogP contribution is -2.67. The first-order valence-corrected chi connectivity index (χ1v) is 6.29. The summed E-state index contributed by atoms with van der Waals surface area (Å²) in [5, 5.41) is 15.2. The number of aliphatic hydroxyl groups excluding tert-OH is 1. The summed E-state index contributed by atoms with van der Waals surface area (Å²) >= 11 is 4.08. The van der Waals surface area contributed by atoms with E-state index in [9.17, 15) is 14.7 Å². The number of thiol groups is 1. The monoisotopic (exact) mass is 262 g/mol. The smallest absolute Gasteiger partial charge is 0.338 e.